The van der Waals surface area contributed by atoms with Crippen LogP contribution in [0.1, 0.15) is 38.5 Å². The number of hydrogen-bond acceptors (Lipinski definition) is 3. The molecule has 1 aromatic carbocycles. The van der Waals surface area contributed by atoms with E-state index in [1.54, 1.807) is 30.0 Å². The summed E-state index contributed by atoms with van der Waals surface area (Å²) in [4.78, 5) is 19.5. The lowest BCUT2D eigenvalue weighted by molar-refractivity contribution is -0.116. The number of thioether (sulfide) groups is 1. The van der Waals surface area contributed by atoms with Gasteiger partial charge in [0.2, 0.25) is 5.91 Å². The van der Waals surface area contributed by atoms with Gasteiger partial charge in [-0.05, 0) is 31.0 Å². The SMILES string of the molecule is CN1C(=NC2CCCCC2)SCC1CC(=O)Nc1cc(Cl)ccc1Cl.Cl. The molecule has 26 heavy (non-hydrogen) atoms. The summed E-state index contributed by atoms with van der Waals surface area (Å²) in [6.07, 6.45) is 6.69. The van der Waals surface area contributed by atoms with Crippen molar-refractivity contribution in [2.45, 2.75) is 50.6 Å². The number of amides is 1. The van der Waals surface area contributed by atoms with E-state index in [4.69, 9.17) is 28.2 Å². The van der Waals surface area contributed by atoms with Gasteiger partial charge >= 0.3 is 0 Å². The Morgan fingerprint density at radius 2 is 2.04 bits per heavy atom. The molecule has 1 aliphatic carbocycles. The normalized spacial score (nSPS) is 22.3. The molecule has 3 rings (SSSR count). The van der Waals surface area contributed by atoms with Crippen LogP contribution in [0.25, 0.3) is 0 Å². The van der Waals surface area contributed by atoms with Gasteiger partial charge in [-0.3, -0.25) is 9.79 Å². The van der Waals surface area contributed by atoms with E-state index < -0.39 is 0 Å². The fourth-order valence-corrected chi connectivity index (χ4v) is 4.84. The Morgan fingerprint density at radius 1 is 1.31 bits per heavy atom. The highest BCUT2D eigenvalue weighted by molar-refractivity contribution is 8.14. The third-order valence-electron chi connectivity index (χ3n) is 4.75. The maximum atomic E-state index is 12.4. The number of benzene rings is 1. The van der Waals surface area contributed by atoms with E-state index in [-0.39, 0.29) is 24.4 Å². The van der Waals surface area contributed by atoms with Crippen LogP contribution in [0.15, 0.2) is 23.2 Å². The van der Waals surface area contributed by atoms with Gasteiger partial charge in [0, 0.05) is 30.3 Å². The molecular formula is C18H24Cl3N3OS. The molecule has 1 atom stereocenters. The molecule has 1 aromatic rings. The van der Waals surface area contributed by atoms with Crippen LogP contribution in [-0.2, 0) is 4.79 Å². The zero-order valence-electron chi connectivity index (χ0n) is 14.7. The van der Waals surface area contributed by atoms with Crippen molar-refractivity contribution in [1.29, 1.82) is 0 Å². The third kappa shape index (κ3) is 5.69. The Balaban J connectivity index is 0.00000243. The summed E-state index contributed by atoms with van der Waals surface area (Å²) in [6, 6.07) is 5.67. The quantitative estimate of drug-likeness (QED) is 0.679. The minimum atomic E-state index is -0.0551. The predicted molar refractivity (Wildman–Crippen MR) is 115 cm³/mol. The smallest absolute Gasteiger partial charge is 0.226 e. The number of nitrogens with zero attached hydrogens (tertiary/aromatic N) is 2. The van der Waals surface area contributed by atoms with E-state index >= 15 is 0 Å². The van der Waals surface area contributed by atoms with Crippen molar-refractivity contribution < 1.29 is 4.79 Å². The zero-order valence-corrected chi connectivity index (χ0v) is 17.9. The molecule has 4 nitrogen and oxygen atoms in total. The van der Waals surface area contributed by atoms with Gasteiger partial charge in [-0.1, -0.05) is 54.2 Å². The highest BCUT2D eigenvalue weighted by Gasteiger charge is 2.30. The van der Waals surface area contributed by atoms with E-state index in [0.717, 1.165) is 10.9 Å². The average molecular weight is 437 g/mol. The molecule has 0 spiro atoms. The van der Waals surface area contributed by atoms with Crippen LogP contribution in [-0.4, -0.2) is 40.9 Å². The van der Waals surface area contributed by atoms with Crippen LogP contribution >= 0.6 is 47.4 Å². The number of amidine groups is 1. The molecule has 1 saturated heterocycles. The summed E-state index contributed by atoms with van der Waals surface area (Å²) in [7, 11) is 2.03. The Kier molecular flexibility index (Phi) is 8.40. The number of nitrogens with one attached hydrogen (secondary N) is 1. The van der Waals surface area contributed by atoms with Crippen LogP contribution < -0.4 is 5.32 Å². The first-order valence-corrected chi connectivity index (χ1v) is 10.5. The molecule has 1 heterocycles. The highest BCUT2D eigenvalue weighted by atomic mass is 35.5. The maximum absolute atomic E-state index is 12.4. The third-order valence-corrected chi connectivity index (χ3v) is 6.51. The molecule has 0 aromatic heterocycles. The van der Waals surface area contributed by atoms with Crippen molar-refractivity contribution in [3.8, 4) is 0 Å². The first kappa shape index (κ1) is 21.7. The van der Waals surface area contributed by atoms with Crippen LogP contribution in [0.3, 0.4) is 0 Å². The Bertz CT molecular complexity index is 665. The maximum Gasteiger partial charge on any atom is 0.226 e. The number of aliphatic imine (C=N–C) groups is 1. The molecule has 1 saturated carbocycles. The van der Waals surface area contributed by atoms with Crippen molar-refractivity contribution >= 4 is 64.1 Å². The molecule has 8 heteroatoms. The minimum absolute atomic E-state index is 0. The van der Waals surface area contributed by atoms with Gasteiger partial charge in [0.15, 0.2) is 5.17 Å². The van der Waals surface area contributed by atoms with Gasteiger partial charge in [-0.25, -0.2) is 0 Å². The van der Waals surface area contributed by atoms with Crippen molar-refractivity contribution in [3.05, 3.63) is 28.2 Å². The Morgan fingerprint density at radius 3 is 2.77 bits per heavy atom. The van der Waals surface area contributed by atoms with Crippen LogP contribution in [0.2, 0.25) is 10.0 Å². The molecule has 144 valence electrons. The van der Waals surface area contributed by atoms with E-state index in [1.165, 1.54) is 32.1 Å². The van der Waals surface area contributed by atoms with Crippen molar-refractivity contribution in [1.82, 2.24) is 4.90 Å². The predicted octanol–water partition coefficient (Wildman–Crippen LogP) is 5.48. The molecular weight excluding hydrogens is 413 g/mol. The molecule has 2 aliphatic rings. The number of hydrogen-bond donors (Lipinski definition) is 1. The number of carbonyl (C=O) groups excluding carboxylic acids is 1. The Hall–Kier alpha value is -0.620. The fraction of sp³-hybridized carbons (Fsp3) is 0.556. The molecule has 1 amide bonds. The monoisotopic (exact) mass is 435 g/mol. The summed E-state index contributed by atoms with van der Waals surface area (Å²) >= 11 is 13.8. The molecule has 1 N–H and O–H groups in total. The largest absolute Gasteiger partial charge is 0.350 e. The zero-order chi connectivity index (χ0) is 17.8. The van der Waals surface area contributed by atoms with Gasteiger partial charge in [0.25, 0.3) is 0 Å². The van der Waals surface area contributed by atoms with E-state index in [0.29, 0.717) is 28.2 Å². The van der Waals surface area contributed by atoms with E-state index in [9.17, 15) is 4.79 Å². The van der Waals surface area contributed by atoms with Crippen molar-refractivity contribution in [2.75, 3.05) is 18.1 Å². The van der Waals surface area contributed by atoms with Gasteiger partial charge in [0.1, 0.15) is 0 Å². The average Bonchev–Trinajstić information content (AvgIpc) is 2.92. The Labute approximate surface area is 175 Å². The summed E-state index contributed by atoms with van der Waals surface area (Å²) in [6.45, 7) is 0. The van der Waals surface area contributed by atoms with Gasteiger partial charge < -0.3 is 10.2 Å². The van der Waals surface area contributed by atoms with Gasteiger partial charge in [0.05, 0.1) is 16.8 Å². The second-order valence-electron chi connectivity index (χ2n) is 6.66. The number of halogens is 3. The number of carbonyl (C=O) groups is 1. The van der Waals surface area contributed by atoms with Crippen LogP contribution in [0, 0.1) is 0 Å². The van der Waals surface area contributed by atoms with Gasteiger partial charge in [-0.15, -0.1) is 12.4 Å². The lowest BCUT2D eigenvalue weighted by Crippen LogP contribution is -2.34. The molecule has 2 fully saturated rings. The summed E-state index contributed by atoms with van der Waals surface area (Å²) in [5.41, 5.74) is 0.559. The van der Waals surface area contributed by atoms with E-state index in [1.807, 2.05) is 7.05 Å². The number of anilines is 1. The van der Waals surface area contributed by atoms with Gasteiger partial charge in [-0.2, -0.15) is 0 Å². The van der Waals surface area contributed by atoms with E-state index in [2.05, 4.69) is 10.2 Å². The lowest BCUT2D eigenvalue weighted by Gasteiger charge is -2.23. The second-order valence-corrected chi connectivity index (χ2v) is 8.49. The van der Waals surface area contributed by atoms with Crippen LogP contribution in [0.4, 0.5) is 5.69 Å². The summed E-state index contributed by atoms with van der Waals surface area (Å²) in [5.74, 6) is 0.833. The lowest BCUT2D eigenvalue weighted by atomic mass is 9.96. The van der Waals surface area contributed by atoms with Crippen molar-refractivity contribution in [3.63, 3.8) is 0 Å². The van der Waals surface area contributed by atoms with Crippen LogP contribution in [0.5, 0.6) is 0 Å². The highest BCUT2D eigenvalue weighted by Crippen LogP contribution is 2.29. The first-order valence-electron chi connectivity index (χ1n) is 8.71. The molecule has 0 bridgehead atoms. The standard InChI is InChI=1S/C18H23Cl2N3OS.ClH/c1-23-14(11-25-18(23)21-13-5-3-2-4-6-13)10-17(24)22-16-9-12(19)7-8-15(16)20;/h7-9,13-14H,2-6,10-11H2,1H3,(H,22,24);1H. The fourth-order valence-electron chi connectivity index (χ4n) is 3.24. The topological polar surface area (TPSA) is 44.7 Å². The molecule has 1 aliphatic heterocycles. The summed E-state index contributed by atoms with van der Waals surface area (Å²) in [5, 5.41) is 4.98. The van der Waals surface area contributed by atoms with Crippen molar-refractivity contribution in [2.24, 2.45) is 4.99 Å². The minimum Gasteiger partial charge on any atom is -0.350 e. The molecule has 0 radical (unpaired) electrons. The first-order chi connectivity index (χ1) is 12.0. The summed E-state index contributed by atoms with van der Waals surface area (Å²) < 4.78 is 0. The second kappa shape index (κ2) is 10.1. The number of rotatable bonds is 4. The molecule has 1 unspecified atom stereocenters.